The van der Waals surface area contributed by atoms with Crippen LogP contribution in [-0.2, 0) is 6.54 Å². The lowest BCUT2D eigenvalue weighted by Gasteiger charge is -2.31. The van der Waals surface area contributed by atoms with Crippen molar-refractivity contribution in [3.8, 4) is 5.75 Å². The number of methoxy groups -OCH3 is 1. The van der Waals surface area contributed by atoms with Crippen LogP contribution < -0.4 is 10.5 Å². The molecule has 1 aliphatic heterocycles. The minimum absolute atomic E-state index is 0.0194. The number of hydrogen-bond donors (Lipinski definition) is 1. The van der Waals surface area contributed by atoms with Crippen molar-refractivity contribution < 1.29 is 4.74 Å². The molecule has 0 aromatic carbocycles. The Morgan fingerprint density at radius 2 is 2.44 bits per heavy atom. The molecule has 0 spiro atoms. The first-order valence-corrected chi connectivity index (χ1v) is 7.60. The number of ether oxygens (including phenoxy) is 1. The Hall–Kier alpha value is -0.680. The van der Waals surface area contributed by atoms with Crippen molar-refractivity contribution in [3.63, 3.8) is 0 Å². The van der Waals surface area contributed by atoms with E-state index < -0.39 is 0 Å². The van der Waals surface area contributed by atoms with E-state index in [2.05, 4.69) is 18.9 Å². The second-order valence-corrected chi connectivity index (χ2v) is 6.69. The van der Waals surface area contributed by atoms with Crippen LogP contribution in [0.3, 0.4) is 0 Å². The molecule has 1 aromatic heterocycles. The van der Waals surface area contributed by atoms with Crippen LogP contribution >= 0.6 is 11.8 Å². The molecule has 2 unspecified atom stereocenters. The van der Waals surface area contributed by atoms with E-state index in [0.717, 1.165) is 24.4 Å². The van der Waals surface area contributed by atoms with Crippen LogP contribution in [0.15, 0.2) is 6.20 Å². The quantitative estimate of drug-likeness (QED) is 0.892. The van der Waals surface area contributed by atoms with Gasteiger partial charge in [0.1, 0.15) is 0 Å². The van der Waals surface area contributed by atoms with Crippen molar-refractivity contribution in [1.29, 1.82) is 0 Å². The maximum atomic E-state index is 6.52. The van der Waals surface area contributed by atoms with E-state index in [4.69, 9.17) is 10.5 Å². The van der Waals surface area contributed by atoms with Gasteiger partial charge in [-0.1, -0.05) is 6.92 Å². The zero-order chi connectivity index (χ0) is 13.2. The van der Waals surface area contributed by atoms with Crippen LogP contribution in [0.25, 0.3) is 0 Å². The van der Waals surface area contributed by atoms with Crippen LogP contribution in [0.1, 0.15) is 44.8 Å². The summed E-state index contributed by atoms with van der Waals surface area (Å²) in [6.07, 6.45) is 5.25. The van der Waals surface area contributed by atoms with Gasteiger partial charge in [-0.15, -0.1) is 0 Å². The standard InChI is InChI=1S/C13H23N3OS/c1-4-7-16-11(10(17-3)9-15-16)12(14)13(2)6-5-8-18-13/h9,12H,4-8,14H2,1-3H3. The zero-order valence-corrected chi connectivity index (χ0v) is 12.3. The Labute approximate surface area is 113 Å². The highest BCUT2D eigenvalue weighted by molar-refractivity contribution is 8.00. The second kappa shape index (κ2) is 5.53. The van der Waals surface area contributed by atoms with Gasteiger partial charge in [-0.3, -0.25) is 4.68 Å². The molecule has 18 heavy (non-hydrogen) atoms. The second-order valence-electron chi connectivity index (χ2n) is 5.06. The van der Waals surface area contributed by atoms with Crippen molar-refractivity contribution in [2.24, 2.45) is 5.73 Å². The Bertz CT molecular complexity index is 399. The summed E-state index contributed by atoms with van der Waals surface area (Å²) in [5, 5.41) is 4.40. The maximum absolute atomic E-state index is 6.52. The molecule has 0 saturated carbocycles. The zero-order valence-electron chi connectivity index (χ0n) is 11.5. The number of thioether (sulfide) groups is 1. The van der Waals surface area contributed by atoms with E-state index in [0.29, 0.717) is 0 Å². The Morgan fingerprint density at radius 1 is 1.67 bits per heavy atom. The lowest BCUT2D eigenvalue weighted by molar-refractivity contribution is 0.386. The molecule has 2 heterocycles. The molecule has 2 rings (SSSR count). The van der Waals surface area contributed by atoms with Crippen LogP contribution in [0.4, 0.5) is 0 Å². The van der Waals surface area contributed by atoms with E-state index in [1.165, 1.54) is 18.6 Å². The summed E-state index contributed by atoms with van der Waals surface area (Å²) in [4.78, 5) is 0. The third-order valence-corrected chi connectivity index (χ3v) is 5.31. The third-order valence-electron chi connectivity index (χ3n) is 3.70. The van der Waals surface area contributed by atoms with Gasteiger partial charge in [-0.25, -0.2) is 0 Å². The maximum Gasteiger partial charge on any atom is 0.161 e. The topological polar surface area (TPSA) is 53.1 Å². The van der Waals surface area contributed by atoms with Gasteiger partial charge >= 0.3 is 0 Å². The molecule has 0 bridgehead atoms. The fraction of sp³-hybridized carbons (Fsp3) is 0.769. The lowest BCUT2D eigenvalue weighted by Crippen LogP contribution is -2.35. The van der Waals surface area contributed by atoms with Crippen molar-refractivity contribution in [2.75, 3.05) is 12.9 Å². The molecule has 0 amide bonds. The molecule has 1 fully saturated rings. The minimum atomic E-state index is -0.0194. The van der Waals surface area contributed by atoms with Gasteiger partial charge in [0.2, 0.25) is 0 Å². The summed E-state index contributed by atoms with van der Waals surface area (Å²) in [7, 11) is 1.69. The van der Waals surface area contributed by atoms with Gasteiger partial charge in [-0.05, 0) is 31.9 Å². The summed E-state index contributed by atoms with van der Waals surface area (Å²) in [5.41, 5.74) is 7.58. The predicted molar refractivity (Wildman–Crippen MR) is 76.1 cm³/mol. The molecular formula is C13H23N3OS. The van der Waals surface area contributed by atoms with Crippen LogP contribution in [-0.4, -0.2) is 27.4 Å². The van der Waals surface area contributed by atoms with Crippen molar-refractivity contribution in [2.45, 2.75) is 50.4 Å². The minimum Gasteiger partial charge on any atom is -0.493 e. The summed E-state index contributed by atoms with van der Waals surface area (Å²) in [6.45, 7) is 5.31. The van der Waals surface area contributed by atoms with E-state index in [-0.39, 0.29) is 10.8 Å². The van der Waals surface area contributed by atoms with E-state index in [9.17, 15) is 0 Å². The SMILES string of the molecule is CCCn1ncc(OC)c1C(N)C1(C)CCCS1. The molecule has 2 atom stereocenters. The average Bonchev–Trinajstić information content (AvgIpc) is 2.96. The van der Waals surface area contributed by atoms with E-state index in [1.54, 1.807) is 13.3 Å². The van der Waals surface area contributed by atoms with Gasteiger partial charge in [0.15, 0.2) is 5.75 Å². The largest absolute Gasteiger partial charge is 0.493 e. The first-order chi connectivity index (χ1) is 8.62. The number of rotatable bonds is 5. The van der Waals surface area contributed by atoms with Crippen LogP contribution in [0, 0.1) is 0 Å². The van der Waals surface area contributed by atoms with E-state index in [1.807, 2.05) is 16.4 Å². The molecule has 1 saturated heterocycles. The molecular weight excluding hydrogens is 246 g/mol. The molecule has 4 nitrogen and oxygen atoms in total. The first kappa shape index (κ1) is 13.7. The monoisotopic (exact) mass is 269 g/mol. The average molecular weight is 269 g/mol. The third kappa shape index (κ3) is 2.38. The van der Waals surface area contributed by atoms with Gasteiger partial charge in [0.05, 0.1) is 25.0 Å². The van der Waals surface area contributed by atoms with E-state index >= 15 is 0 Å². The first-order valence-electron chi connectivity index (χ1n) is 6.61. The lowest BCUT2D eigenvalue weighted by atomic mass is 9.94. The Balaban J connectivity index is 2.32. The number of nitrogens with two attached hydrogens (primary N) is 1. The van der Waals surface area contributed by atoms with Crippen molar-refractivity contribution >= 4 is 11.8 Å². The summed E-state index contributed by atoms with van der Waals surface area (Å²) >= 11 is 1.98. The van der Waals surface area contributed by atoms with Gasteiger partial charge in [0.25, 0.3) is 0 Å². The summed E-state index contributed by atoms with van der Waals surface area (Å²) in [6, 6.07) is -0.0194. The molecule has 5 heteroatoms. The Kier molecular flexibility index (Phi) is 4.22. The van der Waals surface area contributed by atoms with Gasteiger partial charge in [-0.2, -0.15) is 16.9 Å². The number of nitrogens with zero attached hydrogens (tertiary/aromatic N) is 2. The van der Waals surface area contributed by atoms with Crippen molar-refractivity contribution in [1.82, 2.24) is 9.78 Å². The highest BCUT2D eigenvalue weighted by Crippen LogP contribution is 2.47. The summed E-state index contributed by atoms with van der Waals surface area (Å²) in [5.74, 6) is 2.03. The molecule has 0 radical (unpaired) electrons. The molecule has 1 aliphatic rings. The fourth-order valence-corrected chi connectivity index (χ4v) is 3.91. The smallest absolute Gasteiger partial charge is 0.161 e. The highest BCUT2D eigenvalue weighted by atomic mass is 32.2. The molecule has 1 aromatic rings. The normalized spacial score (nSPS) is 25.3. The molecule has 102 valence electrons. The summed E-state index contributed by atoms with van der Waals surface area (Å²) < 4.78 is 7.54. The molecule has 2 N–H and O–H groups in total. The number of aromatic nitrogens is 2. The van der Waals surface area contributed by atoms with Crippen LogP contribution in [0.5, 0.6) is 5.75 Å². The number of aryl methyl sites for hydroxylation is 1. The highest BCUT2D eigenvalue weighted by Gasteiger charge is 2.39. The Morgan fingerprint density at radius 3 is 3.00 bits per heavy atom. The number of hydrogen-bond acceptors (Lipinski definition) is 4. The van der Waals surface area contributed by atoms with Gasteiger partial charge < -0.3 is 10.5 Å². The fourth-order valence-electron chi connectivity index (χ4n) is 2.57. The van der Waals surface area contributed by atoms with Crippen molar-refractivity contribution in [3.05, 3.63) is 11.9 Å². The molecule has 0 aliphatic carbocycles. The van der Waals surface area contributed by atoms with Gasteiger partial charge in [0, 0.05) is 11.3 Å². The van der Waals surface area contributed by atoms with Crippen LogP contribution in [0.2, 0.25) is 0 Å². The predicted octanol–water partition coefficient (Wildman–Crippen LogP) is 2.59.